The van der Waals surface area contributed by atoms with Crippen LogP contribution < -0.4 is 9.64 Å². The van der Waals surface area contributed by atoms with Crippen LogP contribution in [0.3, 0.4) is 0 Å². The van der Waals surface area contributed by atoms with Gasteiger partial charge < -0.3 is 14.5 Å². The Labute approximate surface area is 96.8 Å². The van der Waals surface area contributed by atoms with Crippen LogP contribution in [0.5, 0.6) is 5.88 Å². The molecule has 2 heterocycles. The van der Waals surface area contributed by atoms with E-state index in [0.717, 1.165) is 32.7 Å². The quantitative estimate of drug-likeness (QED) is 0.767. The highest BCUT2D eigenvalue weighted by atomic mass is 16.5. The van der Waals surface area contributed by atoms with Crippen LogP contribution in [0.25, 0.3) is 0 Å². The molecule has 0 saturated carbocycles. The van der Waals surface area contributed by atoms with Crippen LogP contribution in [0.2, 0.25) is 0 Å². The van der Waals surface area contributed by atoms with Gasteiger partial charge in [0.25, 0.3) is 0 Å². The van der Waals surface area contributed by atoms with Gasteiger partial charge in [-0.05, 0) is 12.6 Å². The molecule has 1 aliphatic rings. The molecular formula is C12H19N3O. The average Bonchev–Trinajstić information content (AvgIpc) is 2.39. The zero-order valence-electron chi connectivity index (χ0n) is 10.0. The minimum absolute atomic E-state index is 0.677. The second-order valence-corrected chi connectivity index (χ2v) is 3.98. The molecule has 16 heavy (non-hydrogen) atoms. The lowest BCUT2D eigenvalue weighted by molar-refractivity contribution is 0.271. The number of methoxy groups -OCH3 is 1. The number of rotatable bonds is 3. The number of anilines is 1. The molecule has 0 spiro atoms. The second-order valence-electron chi connectivity index (χ2n) is 3.98. The monoisotopic (exact) mass is 221 g/mol. The highest BCUT2D eigenvalue weighted by Gasteiger charge is 2.15. The van der Waals surface area contributed by atoms with Crippen molar-refractivity contribution in [3.8, 4) is 5.88 Å². The molecule has 0 bridgehead atoms. The lowest BCUT2D eigenvalue weighted by Crippen LogP contribution is -2.46. The summed E-state index contributed by atoms with van der Waals surface area (Å²) in [6.45, 7) is 7.81. The topological polar surface area (TPSA) is 28.6 Å². The van der Waals surface area contributed by atoms with Crippen LogP contribution in [0, 0.1) is 0 Å². The van der Waals surface area contributed by atoms with E-state index in [1.807, 2.05) is 12.3 Å². The van der Waals surface area contributed by atoms with Gasteiger partial charge in [0.2, 0.25) is 5.88 Å². The Balaban J connectivity index is 1.97. The third kappa shape index (κ3) is 2.44. The van der Waals surface area contributed by atoms with Crippen LogP contribution in [0.4, 0.5) is 5.69 Å². The summed E-state index contributed by atoms with van der Waals surface area (Å²) in [5.74, 6) is 0.677. The third-order valence-electron chi connectivity index (χ3n) is 3.11. The third-order valence-corrected chi connectivity index (χ3v) is 3.11. The molecule has 1 saturated heterocycles. The normalized spacial score (nSPS) is 17.5. The van der Waals surface area contributed by atoms with Crippen LogP contribution in [-0.4, -0.2) is 49.7 Å². The number of hydrogen-bond donors (Lipinski definition) is 0. The van der Waals surface area contributed by atoms with Crippen LogP contribution in [0.1, 0.15) is 6.92 Å². The minimum atomic E-state index is 0.677. The molecular weight excluding hydrogens is 202 g/mol. The van der Waals surface area contributed by atoms with Gasteiger partial charge >= 0.3 is 0 Å². The zero-order valence-corrected chi connectivity index (χ0v) is 10.0. The van der Waals surface area contributed by atoms with Gasteiger partial charge in [-0.2, -0.15) is 0 Å². The van der Waals surface area contributed by atoms with E-state index in [9.17, 15) is 0 Å². The molecule has 0 atom stereocenters. The summed E-state index contributed by atoms with van der Waals surface area (Å²) in [6.07, 6.45) is 1.89. The smallest absolute Gasteiger partial charge is 0.213 e. The summed E-state index contributed by atoms with van der Waals surface area (Å²) in [7, 11) is 1.64. The fourth-order valence-electron chi connectivity index (χ4n) is 2.00. The number of hydrogen-bond acceptors (Lipinski definition) is 4. The number of nitrogens with zero attached hydrogens (tertiary/aromatic N) is 3. The van der Waals surface area contributed by atoms with Crippen LogP contribution in [0.15, 0.2) is 18.3 Å². The first-order valence-electron chi connectivity index (χ1n) is 5.81. The Hall–Kier alpha value is -1.29. The molecule has 0 amide bonds. The standard InChI is InChI=1S/C12H19N3O/c1-3-14-6-8-15(9-7-14)11-4-5-12(16-2)13-10-11/h4-5,10H,3,6-9H2,1-2H3. The maximum atomic E-state index is 5.05. The number of aromatic nitrogens is 1. The van der Waals surface area contributed by atoms with Crippen molar-refractivity contribution >= 4 is 5.69 Å². The summed E-state index contributed by atoms with van der Waals surface area (Å²) < 4.78 is 5.05. The van der Waals surface area contributed by atoms with Gasteiger partial charge in [0, 0.05) is 32.2 Å². The first-order chi connectivity index (χ1) is 7.83. The molecule has 1 fully saturated rings. The maximum Gasteiger partial charge on any atom is 0.213 e. The first-order valence-corrected chi connectivity index (χ1v) is 5.81. The Kier molecular flexibility index (Phi) is 3.62. The van der Waals surface area contributed by atoms with Crippen molar-refractivity contribution < 1.29 is 4.74 Å². The van der Waals surface area contributed by atoms with Crippen molar-refractivity contribution in [1.29, 1.82) is 0 Å². The summed E-state index contributed by atoms with van der Waals surface area (Å²) in [4.78, 5) is 9.07. The summed E-state index contributed by atoms with van der Waals surface area (Å²) in [6, 6.07) is 4.00. The lowest BCUT2D eigenvalue weighted by Gasteiger charge is -2.35. The van der Waals surface area contributed by atoms with E-state index in [4.69, 9.17) is 4.74 Å². The summed E-state index contributed by atoms with van der Waals surface area (Å²) in [5, 5.41) is 0. The van der Waals surface area contributed by atoms with Gasteiger partial charge in [-0.3, -0.25) is 0 Å². The molecule has 0 aromatic carbocycles. The minimum Gasteiger partial charge on any atom is -0.481 e. The molecule has 0 unspecified atom stereocenters. The van der Waals surface area contributed by atoms with E-state index in [-0.39, 0.29) is 0 Å². The number of piperazine rings is 1. The van der Waals surface area contributed by atoms with E-state index in [0.29, 0.717) is 5.88 Å². The van der Waals surface area contributed by atoms with E-state index >= 15 is 0 Å². The summed E-state index contributed by atoms with van der Waals surface area (Å²) in [5.41, 5.74) is 1.19. The Morgan fingerprint density at radius 1 is 1.25 bits per heavy atom. The zero-order chi connectivity index (χ0) is 11.4. The number of likely N-dealkylation sites (N-methyl/N-ethyl adjacent to an activating group) is 1. The predicted molar refractivity (Wildman–Crippen MR) is 65.1 cm³/mol. The Bertz CT molecular complexity index is 318. The number of pyridine rings is 1. The molecule has 0 radical (unpaired) electrons. The van der Waals surface area contributed by atoms with Crippen molar-refractivity contribution in [3.63, 3.8) is 0 Å². The Morgan fingerprint density at radius 3 is 2.50 bits per heavy atom. The average molecular weight is 221 g/mol. The van der Waals surface area contributed by atoms with Crippen molar-refractivity contribution in [2.75, 3.05) is 44.7 Å². The molecule has 1 aromatic heterocycles. The number of ether oxygens (including phenoxy) is 1. The Morgan fingerprint density at radius 2 is 2.00 bits per heavy atom. The van der Waals surface area contributed by atoms with Crippen LogP contribution in [-0.2, 0) is 0 Å². The fourth-order valence-corrected chi connectivity index (χ4v) is 2.00. The predicted octanol–water partition coefficient (Wildman–Crippen LogP) is 1.23. The van der Waals surface area contributed by atoms with Gasteiger partial charge in [0.05, 0.1) is 19.0 Å². The molecule has 1 aromatic rings. The van der Waals surface area contributed by atoms with Crippen molar-refractivity contribution in [3.05, 3.63) is 18.3 Å². The van der Waals surface area contributed by atoms with Gasteiger partial charge in [0.1, 0.15) is 0 Å². The second kappa shape index (κ2) is 5.16. The largest absolute Gasteiger partial charge is 0.481 e. The first kappa shape index (κ1) is 11.2. The van der Waals surface area contributed by atoms with E-state index in [1.165, 1.54) is 5.69 Å². The molecule has 0 N–H and O–H groups in total. The van der Waals surface area contributed by atoms with Gasteiger partial charge in [-0.1, -0.05) is 6.92 Å². The van der Waals surface area contributed by atoms with Crippen LogP contribution >= 0.6 is 0 Å². The van der Waals surface area contributed by atoms with Gasteiger partial charge in [-0.25, -0.2) is 4.98 Å². The molecule has 88 valence electrons. The molecule has 1 aliphatic heterocycles. The molecule has 4 heteroatoms. The van der Waals surface area contributed by atoms with E-state index in [2.05, 4.69) is 27.8 Å². The van der Waals surface area contributed by atoms with E-state index in [1.54, 1.807) is 7.11 Å². The highest BCUT2D eigenvalue weighted by molar-refractivity contribution is 5.45. The molecule has 2 rings (SSSR count). The SMILES string of the molecule is CCN1CCN(c2ccc(OC)nc2)CC1. The lowest BCUT2D eigenvalue weighted by atomic mass is 10.3. The van der Waals surface area contributed by atoms with Gasteiger partial charge in [0.15, 0.2) is 0 Å². The van der Waals surface area contributed by atoms with Crippen molar-refractivity contribution in [1.82, 2.24) is 9.88 Å². The van der Waals surface area contributed by atoms with Gasteiger partial charge in [-0.15, -0.1) is 0 Å². The van der Waals surface area contributed by atoms with Crippen molar-refractivity contribution in [2.45, 2.75) is 6.92 Å². The summed E-state index contributed by atoms with van der Waals surface area (Å²) >= 11 is 0. The fraction of sp³-hybridized carbons (Fsp3) is 0.583. The highest BCUT2D eigenvalue weighted by Crippen LogP contribution is 2.17. The van der Waals surface area contributed by atoms with Crippen molar-refractivity contribution in [2.24, 2.45) is 0 Å². The molecule has 0 aliphatic carbocycles. The molecule has 4 nitrogen and oxygen atoms in total. The maximum absolute atomic E-state index is 5.05. The van der Waals surface area contributed by atoms with E-state index < -0.39 is 0 Å².